The largest absolute Gasteiger partial charge is 0.366 e. The number of nitrogens with zero attached hydrogens (tertiary/aromatic N) is 1. The maximum absolute atomic E-state index is 4.25. The van der Waals surface area contributed by atoms with Crippen LogP contribution in [0.2, 0.25) is 0 Å². The molecule has 16 heavy (non-hydrogen) atoms. The SMILES string of the molecule is Brc1ccc(NCc2ccccc2Br)nc1. The van der Waals surface area contributed by atoms with Crippen molar-refractivity contribution in [3.63, 3.8) is 0 Å². The number of anilines is 1. The third-order valence-corrected chi connectivity index (χ3v) is 3.39. The average Bonchev–Trinajstić information content (AvgIpc) is 2.30. The fourth-order valence-corrected chi connectivity index (χ4v) is 1.97. The van der Waals surface area contributed by atoms with Gasteiger partial charge in [0.2, 0.25) is 0 Å². The summed E-state index contributed by atoms with van der Waals surface area (Å²) in [7, 11) is 0. The van der Waals surface area contributed by atoms with Crippen molar-refractivity contribution in [3.8, 4) is 0 Å². The van der Waals surface area contributed by atoms with Crippen molar-refractivity contribution in [1.82, 2.24) is 4.98 Å². The summed E-state index contributed by atoms with van der Waals surface area (Å²) in [6.45, 7) is 0.760. The van der Waals surface area contributed by atoms with Crippen LogP contribution in [0.15, 0.2) is 51.5 Å². The number of pyridine rings is 1. The maximum atomic E-state index is 4.25. The van der Waals surface area contributed by atoms with Gasteiger partial charge in [0.15, 0.2) is 0 Å². The molecule has 4 heteroatoms. The molecular weight excluding hydrogens is 332 g/mol. The molecule has 82 valence electrons. The van der Waals surface area contributed by atoms with Crippen LogP contribution < -0.4 is 5.32 Å². The van der Waals surface area contributed by atoms with Gasteiger partial charge in [0, 0.05) is 21.7 Å². The fraction of sp³-hybridized carbons (Fsp3) is 0.0833. The molecule has 2 rings (SSSR count). The molecule has 0 unspecified atom stereocenters. The normalized spacial score (nSPS) is 10.1. The van der Waals surface area contributed by atoms with Gasteiger partial charge in [-0.25, -0.2) is 4.98 Å². The van der Waals surface area contributed by atoms with Crippen molar-refractivity contribution >= 4 is 37.7 Å². The molecule has 0 fully saturated rings. The first-order valence-corrected chi connectivity index (χ1v) is 6.43. The highest BCUT2D eigenvalue weighted by atomic mass is 79.9. The number of rotatable bonds is 3. The van der Waals surface area contributed by atoms with E-state index in [1.807, 2.05) is 30.3 Å². The van der Waals surface area contributed by atoms with Crippen molar-refractivity contribution in [2.75, 3.05) is 5.32 Å². The highest BCUT2D eigenvalue weighted by Crippen LogP contribution is 2.17. The Morgan fingerprint density at radius 3 is 2.56 bits per heavy atom. The summed E-state index contributed by atoms with van der Waals surface area (Å²) < 4.78 is 2.10. The van der Waals surface area contributed by atoms with Gasteiger partial charge in [0.05, 0.1) is 0 Å². The van der Waals surface area contributed by atoms with Crippen molar-refractivity contribution in [3.05, 3.63) is 57.1 Å². The van der Waals surface area contributed by atoms with Gasteiger partial charge in [-0.1, -0.05) is 34.1 Å². The minimum Gasteiger partial charge on any atom is -0.366 e. The molecular formula is C12H10Br2N2. The van der Waals surface area contributed by atoms with Crippen LogP contribution in [0.5, 0.6) is 0 Å². The van der Waals surface area contributed by atoms with E-state index in [2.05, 4.69) is 48.2 Å². The van der Waals surface area contributed by atoms with E-state index >= 15 is 0 Å². The van der Waals surface area contributed by atoms with Gasteiger partial charge in [-0.15, -0.1) is 0 Å². The molecule has 2 aromatic rings. The summed E-state index contributed by atoms with van der Waals surface area (Å²) in [5.41, 5.74) is 1.22. The molecule has 0 saturated heterocycles. The van der Waals surface area contributed by atoms with Crippen LogP contribution in [0.1, 0.15) is 5.56 Å². The standard InChI is InChI=1S/C12H10Br2N2/c13-10-5-6-12(16-8-10)15-7-9-3-1-2-4-11(9)14/h1-6,8H,7H2,(H,15,16). The third-order valence-electron chi connectivity index (χ3n) is 2.15. The molecule has 0 atom stereocenters. The monoisotopic (exact) mass is 340 g/mol. The summed E-state index contributed by atoms with van der Waals surface area (Å²) >= 11 is 6.87. The Labute approximate surface area is 111 Å². The maximum Gasteiger partial charge on any atom is 0.126 e. The Balaban J connectivity index is 2.02. The predicted molar refractivity (Wildman–Crippen MR) is 73.4 cm³/mol. The van der Waals surface area contributed by atoms with Crippen molar-refractivity contribution in [2.45, 2.75) is 6.54 Å². The Morgan fingerprint density at radius 2 is 1.88 bits per heavy atom. The van der Waals surface area contributed by atoms with Gasteiger partial charge >= 0.3 is 0 Å². The summed E-state index contributed by atoms with van der Waals surface area (Å²) in [5, 5.41) is 3.27. The van der Waals surface area contributed by atoms with Gasteiger partial charge in [-0.05, 0) is 39.7 Å². The van der Waals surface area contributed by atoms with Crippen molar-refractivity contribution in [1.29, 1.82) is 0 Å². The zero-order chi connectivity index (χ0) is 11.4. The number of hydrogen-bond donors (Lipinski definition) is 1. The van der Waals surface area contributed by atoms with E-state index in [4.69, 9.17) is 0 Å². The Kier molecular flexibility index (Phi) is 3.96. The lowest BCUT2D eigenvalue weighted by molar-refractivity contribution is 1.10. The molecule has 2 nitrogen and oxygen atoms in total. The molecule has 1 aromatic carbocycles. The van der Waals surface area contributed by atoms with E-state index in [9.17, 15) is 0 Å². The zero-order valence-corrected chi connectivity index (χ0v) is 11.6. The van der Waals surface area contributed by atoms with Gasteiger partial charge < -0.3 is 5.32 Å². The van der Waals surface area contributed by atoms with Gasteiger partial charge in [0.25, 0.3) is 0 Å². The van der Waals surface area contributed by atoms with Crippen LogP contribution in [0, 0.1) is 0 Å². The fourth-order valence-electron chi connectivity index (χ4n) is 1.31. The number of halogens is 2. The van der Waals surface area contributed by atoms with E-state index in [-0.39, 0.29) is 0 Å². The van der Waals surface area contributed by atoms with Gasteiger partial charge in [-0.3, -0.25) is 0 Å². The minimum absolute atomic E-state index is 0.760. The summed E-state index contributed by atoms with van der Waals surface area (Å²) in [5.74, 6) is 0.874. The number of nitrogens with one attached hydrogen (secondary N) is 1. The summed E-state index contributed by atoms with van der Waals surface area (Å²) in [6, 6.07) is 12.1. The van der Waals surface area contributed by atoms with Gasteiger partial charge in [0.1, 0.15) is 5.82 Å². The van der Waals surface area contributed by atoms with Crippen molar-refractivity contribution < 1.29 is 0 Å². The second kappa shape index (κ2) is 5.46. The highest BCUT2D eigenvalue weighted by Gasteiger charge is 1.98. The molecule has 0 aliphatic heterocycles. The molecule has 1 N–H and O–H groups in total. The molecule has 0 spiro atoms. The molecule has 1 heterocycles. The van der Waals surface area contributed by atoms with E-state index in [1.54, 1.807) is 6.20 Å². The van der Waals surface area contributed by atoms with Crippen LogP contribution in [0.25, 0.3) is 0 Å². The van der Waals surface area contributed by atoms with E-state index < -0.39 is 0 Å². The third kappa shape index (κ3) is 3.06. The smallest absolute Gasteiger partial charge is 0.126 e. The van der Waals surface area contributed by atoms with E-state index in [0.717, 1.165) is 21.3 Å². The number of hydrogen-bond acceptors (Lipinski definition) is 2. The molecule has 1 aromatic heterocycles. The first-order chi connectivity index (χ1) is 7.75. The first-order valence-electron chi connectivity index (χ1n) is 4.84. The second-order valence-electron chi connectivity index (χ2n) is 3.31. The van der Waals surface area contributed by atoms with Crippen LogP contribution in [-0.2, 0) is 6.54 Å². The second-order valence-corrected chi connectivity index (χ2v) is 5.08. The van der Waals surface area contributed by atoms with E-state index in [1.165, 1.54) is 5.56 Å². The van der Waals surface area contributed by atoms with Crippen molar-refractivity contribution in [2.24, 2.45) is 0 Å². The first kappa shape index (κ1) is 11.6. The summed E-state index contributed by atoms with van der Waals surface area (Å²) in [4.78, 5) is 4.25. The minimum atomic E-state index is 0.760. The molecule has 0 bridgehead atoms. The Bertz CT molecular complexity index is 469. The van der Waals surface area contributed by atoms with Crippen LogP contribution >= 0.6 is 31.9 Å². The molecule has 0 aliphatic carbocycles. The summed E-state index contributed by atoms with van der Waals surface area (Å²) in [6.07, 6.45) is 1.78. The lowest BCUT2D eigenvalue weighted by Gasteiger charge is -2.07. The quantitative estimate of drug-likeness (QED) is 0.904. The average molecular weight is 342 g/mol. The highest BCUT2D eigenvalue weighted by molar-refractivity contribution is 9.10. The van der Waals surface area contributed by atoms with Gasteiger partial charge in [-0.2, -0.15) is 0 Å². The number of benzene rings is 1. The van der Waals surface area contributed by atoms with Crippen LogP contribution in [0.3, 0.4) is 0 Å². The predicted octanol–water partition coefficient (Wildman–Crippen LogP) is 4.22. The zero-order valence-electron chi connectivity index (χ0n) is 8.45. The molecule has 0 amide bonds. The lowest BCUT2D eigenvalue weighted by Crippen LogP contribution is -2.01. The number of aromatic nitrogens is 1. The van der Waals surface area contributed by atoms with Crippen LogP contribution in [0.4, 0.5) is 5.82 Å². The Hall–Kier alpha value is -0.870. The molecule has 0 aliphatic rings. The van der Waals surface area contributed by atoms with E-state index in [0.29, 0.717) is 0 Å². The molecule has 0 radical (unpaired) electrons. The van der Waals surface area contributed by atoms with Crippen LogP contribution in [-0.4, -0.2) is 4.98 Å². The lowest BCUT2D eigenvalue weighted by atomic mass is 10.2. The molecule has 0 saturated carbocycles. The Morgan fingerprint density at radius 1 is 1.06 bits per heavy atom. The topological polar surface area (TPSA) is 24.9 Å².